The van der Waals surface area contributed by atoms with Crippen LogP contribution in [-0.2, 0) is 19.5 Å². The summed E-state index contributed by atoms with van der Waals surface area (Å²) in [6.07, 6.45) is 4.44. The molecule has 1 atom stereocenters. The van der Waals surface area contributed by atoms with Crippen LogP contribution in [0.1, 0.15) is 49.6 Å². The first-order chi connectivity index (χ1) is 10.7. The molecule has 1 aliphatic heterocycles. The molecular weight excluding hydrogens is 280 g/mol. The fourth-order valence-corrected chi connectivity index (χ4v) is 3.08. The molecule has 1 saturated heterocycles. The van der Waals surface area contributed by atoms with E-state index in [1.165, 1.54) is 19.3 Å². The molecule has 0 saturated carbocycles. The smallest absolute Gasteiger partial charge is 0.230 e. The van der Waals surface area contributed by atoms with Crippen LogP contribution in [0.15, 0.2) is 4.42 Å². The van der Waals surface area contributed by atoms with E-state index in [1.54, 1.807) is 0 Å². The molecule has 0 unspecified atom stereocenters. The van der Waals surface area contributed by atoms with Crippen molar-refractivity contribution in [3.05, 3.63) is 23.4 Å². The number of nitrogens with zero attached hydrogens (tertiary/aromatic N) is 6. The summed E-state index contributed by atoms with van der Waals surface area (Å²) in [4.78, 5) is 6.83. The number of likely N-dealkylation sites (tertiary alicyclic amines) is 1. The Labute approximate surface area is 130 Å². The average molecular weight is 304 g/mol. The Hall–Kier alpha value is -1.76. The van der Waals surface area contributed by atoms with Crippen LogP contribution in [0.3, 0.4) is 0 Å². The van der Waals surface area contributed by atoms with E-state index < -0.39 is 0 Å². The van der Waals surface area contributed by atoms with Gasteiger partial charge in [-0.2, -0.15) is 5.10 Å². The van der Waals surface area contributed by atoms with Gasteiger partial charge in [0, 0.05) is 12.5 Å². The molecule has 2 aromatic rings. The van der Waals surface area contributed by atoms with Crippen LogP contribution in [0.25, 0.3) is 0 Å². The largest absolute Gasteiger partial charge is 0.424 e. The van der Waals surface area contributed by atoms with Gasteiger partial charge in [0.05, 0.1) is 13.1 Å². The van der Waals surface area contributed by atoms with Crippen molar-refractivity contribution in [2.75, 3.05) is 6.54 Å². The second-order valence-electron chi connectivity index (χ2n) is 5.95. The molecule has 1 aliphatic rings. The fourth-order valence-electron chi connectivity index (χ4n) is 3.08. The normalized spacial score (nSPS) is 19.7. The first kappa shape index (κ1) is 15.1. The monoisotopic (exact) mass is 304 g/mol. The lowest BCUT2D eigenvalue weighted by atomic mass is 10.0. The zero-order chi connectivity index (χ0) is 15.5. The van der Waals surface area contributed by atoms with E-state index in [9.17, 15) is 0 Å². The van der Waals surface area contributed by atoms with Crippen molar-refractivity contribution in [2.24, 2.45) is 0 Å². The van der Waals surface area contributed by atoms with E-state index >= 15 is 0 Å². The summed E-state index contributed by atoms with van der Waals surface area (Å²) in [6.45, 7) is 8.65. The molecule has 7 nitrogen and oxygen atoms in total. The number of hydrogen-bond donors (Lipinski definition) is 0. The van der Waals surface area contributed by atoms with E-state index in [-0.39, 0.29) is 0 Å². The molecule has 1 fully saturated rings. The molecule has 22 heavy (non-hydrogen) atoms. The van der Waals surface area contributed by atoms with Crippen LogP contribution in [-0.4, -0.2) is 42.4 Å². The SMILES string of the molecule is CCc1nnc(CN2CCCC[C@H]2Cn2nc(C)nc2C)o1. The van der Waals surface area contributed by atoms with Crippen molar-refractivity contribution in [1.29, 1.82) is 0 Å². The summed E-state index contributed by atoms with van der Waals surface area (Å²) in [5.74, 6) is 3.25. The van der Waals surface area contributed by atoms with Crippen LogP contribution < -0.4 is 0 Å². The molecule has 2 aromatic heterocycles. The molecule has 0 radical (unpaired) electrons. The zero-order valence-corrected chi connectivity index (χ0v) is 13.6. The predicted molar refractivity (Wildman–Crippen MR) is 81.2 cm³/mol. The molecule has 3 rings (SSSR count). The quantitative estimate of drug-likeness (QED) is 0.840. The van der Waals surface area contributed by atoms with Crippen LogP contribution >= 0.6 is 0 Å². The highest BCUT2D eigenvalue weighted by molar-refractivity contribution is 4.90. The Morgan fingerprint density at radius 3 is 2.68 bits per heavy atom. The highest BCUT2D eigenvalue weighted by Gasteiger charge is 2.25. The van der Waals surface area contributed by atoms with Crippen molar-refractivity contribution in [1.82, 2.24) is 29.9 Å². The van der Waals surface area contributed by atoms with Crippen LogP contribution in [0.4, 0.5) is 0 Å². The Kier molecular flexibility index (Phi) is 4.52. The van der Waals surface area contributed by atoms with Gasteiger partial charge in [-0.05, 0) is 33.2 Å². The minimum atomic E-state index is 0.450. The van der Waals surface area contributed by atoms with Gasteiger partial charge in [0.2, 0.25) is 11.8 Å². The molecule has 120 valence electrons. The van der Waals surface area contributed by atoms with Crippen molar-refractivity contribution < 1.29 is 4.42 Å². The summed E-state index contributed by atoms with van der Waals surface area (Å²) in [7, 11) is 0. The number of piperidine rings is 1. The maximum Gasteiger partial charge on any atom is 0.230 e. The van der Waals surface area contributed by atoms with E-state index in [2.05, 4.69) is 25.2 Å². The zero-order valence-electron chi connectivity index (χ0n) is 13.6. The number of aryl methyl sites for hydroxylation is 3. The van der Waals surface area contributed by atoms with Gasteiger partial charge in [-0.1, -0.05) is 13.3 Å². The molecule has 0 aliphatic carbocycles. The highest BCUT2D eigenvalue weighted by atomic mass is 16.4. The molecule has 0 amide bonds. The Balaban J connectivity index is 1.69. The lowest BCUT2D eigenvalue weighted by molar-refractivity contribution is 0.110. The fraction of sp³-hybridized carbons (Fsp3) is 0.733. The van der Waals surface area contributed by atoms with Gasteiger partial charge in [0.1, 0.15) is 11.6 Å². The molecule has 3 heterocycles. The molecule has 7 heteroatoms. The van der Waals surface area contributed by atoms with Crippen LogP contribution in [0.5, 0.6) is 0 Å². The van der Waals surface area contributed by atoms with E-state index in [0.717, 1.165) is 43.6 Å². The molecule has 0 bridgehead atoms. The van der Waals surface area contributed by atoms with Crippen molar-refractivity contribution in [3.63, 3.8) is 0 Å². The Bertz CT molecular complexity index is 619. The minimum absolute atomic E-state index is 0.450. The van der Waals surface area contributed by atoms with Crippen molar-refractivity contribution in [3.8, 4) is 0 Å². The Morgan fingerprint density at radius 1 is 1.18 bits per heavy atom. The van der Waals surface area contributed by atoms with Gasteiger partial charge in [-0.25, -0.2) is 9.67 Å². The van der Waals surface area contributed by atoms with E-state index in [1.807, 2.05) is 25.5 Å². The predicted octanol–water partition coefficient (Wildman–Crippen LogP) is 1.90. The van der Waals surface area contributed by atoms with Gasteiger partial charge >= 0.3 is 0 Å². The van der Waals surface area contributed by atoms with Crippen LogP contribution in [0, 0.1) is 13.8 Å². The van der Waals surface area contributed by atoms with Gasteiger partial charge in [0.25, 0.3) is 0 Å². The third-order valence-corrected chi connectivity index (χ3v) is 4.24. The second-order valence-corrected chi connectivity index (χ2v) is 5.95. The third-order valence-electron chi connectivity index (χ3n) is 4.24. The summed E-state index contributed by atoms with van der Waals surface area (Å²) >= 11 is 0. The summed E-state index contributed by atoms with van der Waals surface area (Å²) in [6, 6.07) is 0.450. The van der Waals surface area contributed by atoms with E-state index in [0.29, 0.717) is 11.9 Å². The Morgan fingerprint density at radius 2 is 2.00 bits per heavy atom. The lowest BCUT2D eigenvalue weighted by Crippen LogP contribution is -2.42. The topological polar surface area (TPSA) is 72.9 Å². The van der Waals surface area contributed by atoms with Gasteiger partial charge in [0.15, 0.2) is 0 Å². The summed E-state index contributed by atoms with van der Waals surface area (Å²) in [5, 5.41) is 12.7. The molecule has 0 aromatic carbocycles. The van der Waals surface area contributed by atoms with Crippen LogP contribution in [0.2, 0.25) is 0 Å². The summed E-state index contributed by atoms with van der Waals surface area (Å²) in [5.41, 5.74) is 0. The number of rotatable bonds is 5. The van der Waals surface area contributed by atoms with Crippen molar-refractivity contribution in [2.45, 2.75) is 65.6 Å². The minimum Gasteiger partial charge on any atom is -0.424 e. The lowest BCUT2D eigenvalue weighted by Gasteiger charge is -2.34. The third kappa shape index (κ3) is 3.35. The number of hydrogen-bond acceptors (Lipinski definition) is 6. The second kappa shape index (κ2) is 6.56. The highest BCUT2D eigenvalue weighted by Crippen LogP contribution is 2.21. The molecule has 0 N–H and O–H groups in total. The first-order valence-corrected chi connectivity index (χ1v) is 8.09. The van der Waals surface area contributed by atoms with Gasteiger partial charge < -0.3 is 4.42 Å². The van der Waals surface area contributed by atoms with Gasteiger partial charge in [-0.3, -0.25) is 4.90 Å². The molecular formula is C15H24N6O. The van der Waals surface area contributed by atoms with Crippen molar-refractivity contribution >= 4 is 0 Å². The standard InChI is InChI=1S/C15H24N6O/c1-4-14-17-18-15(22-14)10-20-8-6-5-7-13(20)9-21-12(3)16-11(2)19-21/h13H,4-10H2,1-3H3/t13-/m0/s1. The summed E-state index contributed by atoms with van der Waals surface area (Å²) < 4.78 is 7.68. The maximum absolute atomic E-state index is 5.66. The van der Waals surface area contributed by atoms with E-state index in [4.69, 9.17) is 4.42 Å². The first-order valence-electron chi connectivity index (χ1n) is 8.09. The van der Waals surface area contributed by atoms with Gasteiger partial charge in [-0.15, -0.1) is 10.2 Å². The average Bonchev–Trinajstić information content (AvgIpc) is 3.08. The molecule has 0 spiro atoms. The maximum atomic E-state index is 5.66. The number of aromatic nitrogens is 5.